The molecule has 0 saturated heterocycles. The highest BCUT2D eigenvalue weighted by atomic mass is 16.3. The van der Waals surface area contributed by atoms with Gasteiger partial charge in [0.05, 0.1) is 12.5 Å². The summed E-state index contributed by atoms with van der Waals surface area (Å²) in [4.78, 5) is 17.6. The molecule has 4 rings (SSSR count). The lowest BCUT2D eigenvalue weighted by Gasteiger charge is -1.81. The first kappa shape index (κ1) is 15.3. The van der Waals surface area contributed by atoms with Gasteiger partial charge in [0.2, 0.25) is 0 Å². The molecule has 0 radical (unpaired) electrons. The van der Waals surface area contributed by atoms with Crippen LogP contribution in [0.5, 0.6) is 0 Å². The lowest BCUT2D eigenvalue weighted by atomic mass is 10.3. The number of aldehydes is 2. The number of rotatable bonds is 1. The van der Waals surface area contributed by atoms with Gasteiger partial charge >= 0.3 is 0 Å². The highest BCUT2D eigenvalue weighted by molar-refractivity contribution is 6.09. The van der Waals surface area contributed by atoms with E-state index in [1.54, 1.807) is 12.5 Å². The third-order valence-electron chi connectivity index (χ3n) is 2.78. The van der Waals surface area contributed by atoms with Crippen molar-refractivity contribution in [3.8, 4) is 0 Å². The van der Waals surface area contributed by atoms with Crippen LogP contribution in [-0.2, 0) is 9.59 Å². The molecular formula is C18H14O4. The predicted molar refractivity (Wildman–Crippen MR) is 84.6 cm³/mol. The van der Waals surface area contributed by atoms with E-state index in [2.05, 4.69) is 0 Å². The minimum absolute atomic E-state index is 0.194. The number of carbonyl (C=O) groups is 2. The fraction of sp³-hybridized carbons (Fsp3) is 0. The largest absolute Gasteiger partial charge is 0.464 e. The van der Waals surface area contributed by atoms with Crippen LogP contribution in [0.15, 0.2) is 82.0 Å². The lowest BCUT2D eigenvalue weighted by molar-refractivity contribution is -0.122. The molecule has 0 spiro atoms. The van der Waals surface area contributed by atoms with Crippen LogP contribution in [0, 0.1) is 0 Å². The SMILES string of the molecule is O=CC=O.c1ccc2occc2c1.c1ccc2occc2c1. The van der Waals surface area contributed by atoms with Gasteiger partial charge in [0.1, 0.15) is 11.2 Å². The number of hydrogen-bond acceptors (Lipinski definition) is 4. The molecule has 4 heteroatoms. The van der Waals surface area contributed by atoms with Gasteiger partial charge in [0.25, 0.3) is 0 Å². The molecule has 4 aromatic rings. The highest BCUT2D eigenvalue weighted by Crippen LogP contribution is 2.13. The molecule has 0 aliphatic carbocycles. The second-order valence-electron chi connectivity index (χ2n) is 4.19. The minimum atomic E-state index is 0.194. The van der Waals surface area contributed by atoms with Crippen LogP contribution in [0.25, 0.3) is 21.9 Å². The zero-order chi connectivity index (χ0) is 15.6. The summed E-state index contributed by atoms with van der Waals surface area (Å²) in [7, 11) is 0. The number of para-hydroxylation sites is 2. The van der Waals surface area contributed by atoms with Crippen molar-refractivity contribution < 1.29 is 18.4 Å². The van der Waals surface area contributed by atoms with Crippen molar-refractivity contribution in [2.75, 3.05) is 0 Å². The molecule has 0 unspecified atom stereocenters. The average Bonchev–Trinajstić information content (AvgIpc) is 3.24. The third kappa shape index (κ3) is 4.18. The van der Waals surface area contributed by atoms with Crippen LogP contribution in [0.2, 0.25) is 0 Å². The van der Waals surface area contributed by atoms with Gasteiger partial charge in [-0.25, -0.2) is 0 Å². The fourth-order valence-electron chi connectivity index (χ4n) is 1.81. The van der Waals surface area contributed by atoms with Crippen LogP contribution >= 0.6 is 0 Å². The Labute approximate surface area is 127 Å². The second-order valence-corrected chi connectivity index (χ2v) is 4.19. The van der Waals surface area contributed by atoms with E-state index in [1.165, 1.54) is 0 Å². The summed E-state index contributed by atoms with van der Waals surface area (Å²) in [5.74, 6) is 0. The molecule has 0 saturated carbocycles. The maximum atomic E-state index is 8.81. The Morgan fingerprint density at radius 2 is 1.00 bits per heavy atom. The van der Waals surface area contributed by atoms with Crippen LogP contribution in [0.4, 0.5) is 0 Å². The Morgan fingerprint density at radius 3 is 1.36 bits per heavy atom. The molecule has 0 atom stereocenters. The predicted octanol–water partition coefficient (Wildman–Crippen LogP) is 4.25. The van der Waals surface area contributed by atoms with E-state index in [9.17, 15) is 0 Å². The Morgan fingerprint density at radius 1 is 0.591 bits per heavy atom. The summed E-state index contributed by atoms with van der Waals surface area (Å²) in [6, 6.07) is 19.8. The molecule has 2 heterocycles. The fourth-order valence-corrected chi connectivity index (χ4v) is 1.81. The van der Waals surface area contributed by atoms with Gasteiger partial charge in [0.15, 0.2) is 12.6 Å². The molecule has 0 bridgehead atoms. The maximum Gasteiger partial charge on any atom is 0.182 e. The smallest absolute Gasteiger partial charge is 0.182 e. The van der Waals surface area contributed by atoms with E-state index in [0.717, 1.165) is 21.9 Å². The van der Waals surface area contributed by atoms with Crippen molar-refractivity contribution in [3.05, 3.63) is 73.2 Å². The quantitative estimate of drug-likeness (QED) is 0.389. The first-order valence-electron chi connectivity index (χ1n) is 6.58. The van der Waals surface area contributed by atoms with Gasteiger partial charge < -0.3 is 8.83 Å². The van der Waals surface area contributed by atoms with Gasteiger partial charge in [0, 0.05) is 10.8 Å². The molecule has 0 aliphatic heterocycles. The Bertz CT molecular complexity index is 710. The zero-order valence-corrected chi connectivity index (χ0v) is 11.7. The van der Waals surface area contributed by atoms with Crippen molar-refractivity contribution >= 4 is 34.5 Å². The van der Waals surface area contributed by atoms with E-state index < -0.39 is 0 Å². The normalized spacial score (nSPS) is 9.27. The monoisotopic (exact) mass is 294 g/mol. The molecule has 0 fully saturated rings. The van der Waals surface area contributed by atoms with Gasteiger partial charge in [-0.15, -0.1) is 0 Å². The molecule has 2 aromatic carbocycles. The molecule has 110 valence electrons. The molecule has 0 aliphatic rings. The van der Waals surface area contributed by atoms with Gasteiger partial charge in [-0.1, -0.05) is 36.4 Å². The molecule has 22 heavy (non-hydrogen) atoms. The van der Waals surface area contributed by atoms with Crippen molar-refractivity contribution in [3.63, 3.8) is 0 Å². The molecule has 2 aromatic heterocycles. The van der Waals surface area contributed by atoms with E-state index in [-0.39, 0.29) is 12.6 Å². The Kier molecular flexibility index (Phi) is 5.70. The highest BCUT2D eigenvalue weighted by Gasteiger charge is 1.90. The molecule has 0 N–H and O–H groups in total. The average molecular weight is 294 g/mol. The minimum Gasteiger partial charge on any atom is -0.464 e. The van der Waals surface area contributed by atoms with Gasteiger partial charge in [-0.05, 0) is 24.3 Å². The summed E-state index contributed by atoms with van der Waals surface area (Å²) in [6.07, 6.45) is 3.79. The molecule has 4 nitrogen and oxygen atoms in total. The zero-order valence-electron chi connectivity index (χ0n) is 11.7. The van der Waals surface area contributed by atoms with E-state index in [4.69, 9.17) is 18.4 Å². The van der Waals surface area contributed by atoms with Crippen molar-refractivity contribution in [1.29, 1.82) is 0 Å². The van der Waals surface area contributed by atoms with Gasteiger partial charge in [-0.2, -0.15) is 0 Å². The number of benzene rings is 2. The van der Waals surface area contributed by atoms with Crippen molar-refractivity contribution in [2.24, 2.45) is 0 Å². The van der Waals surface area contributed by atoms with E-state index in [0.29, 0.717) is 0 Å². The summed E-state index contributed by atoms with van der Waals surface area (Å²) in [6.45, 7) is 0. The summed E-state index contributed by atoms with van der Waals surface area (Å²) < 4.78 is 10.2. The first-order chi connectivity index (χ1) is 10.8. The Balaban J connectivity index is 0.000000131. The maximum absolute atomic E-state index is 8.81. The third-order valence-corrected chi connectivity index (χ3v) is 2.78. The first-order valence-corrected chi connectivity index (χ1v) is 6.58. The number of fused-ring (bicyclic) bond motifs is 2. The van der Waals surface area contributed by atoms with Crippen molar-refractivity contribution in [2.45, 2.75) is 0 Å². The van der Waals surface area contributed by atoms with Crippen LogP contribution < -0.4 is 0 Å². The lowest BCUT2D eigenvalue weighted by Crippen LogP contribution is -1.62. The standard InChI is InChI=1S/2C8H6O.C2H2O2/c2*1-2-4-8-7(3-1)5-6-9-8;3-1-2-4/h2*1-6H;1-2H. The van der Waals surface area contributed by atoms with Crippen LogP contribution in [0.1, 0.15) is 0 Å². The second kappa shape index (κ2) is 8.21. The number of hydrogen-bond donors (Lipinski definition) is 0. The topological polar surface area (TPSA) is 60.4 Å². The van der Waals surface area contributed by atoms with Crippen LogP contribution in [-0.4, -0.2) is 12.6 Å². The summed E-state index contributed by atoms with van der Waals surface area (Å²) in [5, 5.41) is 2.33. The number of carbonyl (C=O) groups excluding carboxylic acids is 2. The molecular weight excluding hydrogens is 280 g/mol. The number of furan rings is 2. The van der Waals surface area contributed by atoms with Gasteiger partial charge in [-0.3, -0.25) is 9.59 Å². The van der Waals surface area contributed by atoms with E-state index >= 15 is 0 Å². The van der Waals surface area contributed by atoms with Crippen molar-refractivity contribution in [1.82, 2.24) is 0 Å². The summed E-state index contributed by atoms with van der Waals surface area (Å²) in [5.41, 5.74) is 1.91. The molecule has 0 amide bonds. The Hall–Kier alpha value is -3.14. The van der Waals surface area contributed by atoms with Crippen LogP contribution in [0.3, 0.4) is 0 Å². The van der Waals surface area contributed by atoms with E-state index in [1.807, 2.05) is 60.7 Å². The summed E-state index contributed by atoms with van der Waals surface area (Å²) >= 11 is 0.